The third-order valence-electron chi connectivity index (χ3n) is 3.96. The molecule has 1 saturated heterocycles. The molecular weight excluding hydrogens is 266 g/mol. The van der Waals surface area contributed by atoms with Crippen molar-refractivity contribution in [1.82, 2.24) is 10.3 Å². The number of pyridine rings is 1. The lowest BCUT2D eigenvalue weighted by atomic mass is 9.99. The molecule has 1 aromatic rings. The standard InChI is InChI=1S/C16H25N3O2/c1-12(2)11-15(16(20)21)18-13-5-9-19(10-6-13)14-3-7-17-8-4-14/h3-4,7-8,12-13,15,18H,5-6,9-11H2,1-2H3,(H,20,21). The van der Waals surface area contributed by atoms with Crippen LogP contribution < -0.4 is 10.2 Å². The van der Waals surface area contributed by atoms with Crippen molar-refractivity contribution in [3.05, 3.63) is 24.5 Å². The van der Waals surface area contributed by atoms with E-state index in [0.717, 1.165) is 25.9 Å². The summed E-state index contributed by atoms with van der Waals surface area (Å²) in [5.74, 6) is -0.351. The molecule has 1 aliphatic rings. The highest BCUT2D eigenvalue weighted by molar-refractivity contribution is 5.73. The Bertz CT molecular complexity index is 442. The second kappa shape index (κ2) is 7.41. The van der Waals surface area contributed by atoms with Gasteiger partial charge in [0.1, 0.15) is 6.04 Å². The van der Waals surface area contributed by atoms with Gasteiger partial charge in [0.25, 0.3) is 0 Å². The van der Waals surface area contributed by atoms with E-state index in [9.17, 15) is 9.90 Å². The average molecular weight is 291 g/mol. The molecule has 116 valence electrons. The van der Waals surface area contributed by atoms with Crippen LogP contribution in [-0.4, -0.2) is 41.2 Å². The highest BCUT2D eigenvalue weighted by Crippen LogP contribution is 2.19. The molecule has 0 radical (unpaired) electrons. The lowest BCUT2D eigenvalue weighted by Crippen LogP contribution is -2.49. The van der Waals surface area contributed by atoms with Crippen LogP contribution in [0.1, 0.15) is 33.1 Å². The first-order chi connectivity index (χ1) is 10.1. The molecule has 1 aromatic heterocycles. The van der Waals surface area contributed by atoms with Crippen LogP contribution >= 0.6 is 0 Å². The second-order valence-electron chi connectivity index (χ2n) is 6.15. The molecule has 0 bridgehead atoms. The van der Waals surface area contributed by atoms with Crippen molar-refractivity contribution in [3.8, 4) is 0 Å². The van der Waals surface area contributed by atoms with Gasteiger partial charge < -0.3 is 15.3 Å². The largest absolute Gasteiger partial charge is 0.480 e. The van der Waals surface area contributed by atoms with Gasteiger partial charge in [-0.25, -0.2) is 0 Å². The van der Waals surface area contributed by atoms with E-state index >= 15 is 0 Å². The van der Waals surface area contributed by atoms with Gasteiger partial charge in [0.05, 0.1) is 0 Å². The minimum Gasteiger partial charge on any atom is -0.480 e. The fourth-order valence-electron chi connectivity index (χ4n) is 2.86. The molecular formula is C16H25N3O2. The minimum absolute atomic E-state index is 0.294. The lowest BCUT2D eigenvalue weighted by molar-refractivity contribution is -0.140. The maximum Gasteiger partial charge on any atom is 0.320 e. The summed E-state index contributed by atoms with van der Waals surface area (Å²) >= 11 is 0. The van der Waals surface area contributed by atoms with Gasteiger partial charge in [-0.1, -0.05) is 13.8 Å². The Kier molecular flexibility index (Phi) is 5.56. The number of carbonyl (C=O) groups is 1. The zero-order valence-electron chi connectivity index (χ0n) is 12.8. The minimum atomic E-state index is -0.736. The van der Waals surface area contributed by atoms with Crippen LogP contribution in [0.5, 0.6) is 0 Å². The summed E-state index contributed by atoms with van der Waals surface area (Å²) in [7, 11) is 0. The molecule has 5 nitrogen and oxygen atoms in total. The van der Waals surface area contributed by atoms with Crippen LogP contribution in [0.15, 0.2) is 24.5 Å². The quantitative estimate of drug-likeness (QED) is 0.840. The van der Waals surface area contributed by atoms with Gasteiger partial charge in [0.2, 0.25) is 0 Å². The van der Waals surface area contributed by atoms with E-state index in [1.54, 1.807) is 0 Å². The van der Waals surface area contributed by atoms with Crippen LogP contribution in [-0.2, 0) is 4.79 Å². The molecule has 2 N–H and O–H groups in total. The summed E-state index contributed by atoms with van der Waals surface area (Å²) in [6.45, 7) is 6.03. The fraction of sp³-hybridized carbons (Fsp3) is 0.625. The molecule has 0 aromatic carbocycles. The monoisotopic (exact) mass is 291 g/mol. The van der Waals surface area contributed by atoms with Crippen molar-refractivity contribution in [2.24, 2.45) is 5.92 Å². The predicted octanol–water partition coefficient (Wildman–Crippen LogP) is 2.14. The van der Waals surface area contributed by atoms with Gasteiger partial charge in [0.15, 0.2) is 0 Å². The van der Waals surface area contributed by atoms with Gasteiger partial charge in [-0.2, -0.15) is 0 Å². The predicted molar refractivity (Wildman–Crippen MR) is 83.5 cm³/mol. The number of aromatic nitrogens is 1. The molecule has 5 heteroatoms. The summed E-state index contributed by atoms with van der Waals surface area (Å²) in [5, 5.41) is 12.6. The Balaban J connectivity index is 1.84. The number of aliphatic carboxylic acids is 1. The van der Waals surface area contributed by atoms with E-state index in [1.807, 2.05) is 24.5 Å². The molecule has 0 aliphatic carbocycles. The average Bonchev–Trinajstić information content (AvgIpc) is 2.48. The number of carboxylic acid groups (broad SMARTS) is 1. The van der Waals surface area contributed by atoms with Crippen molar-refractivity contribution in [3.63, 3.8) is 0 Å². The highest BCUT2D eigenvalue weighted by atomic mass is 16.4. The van der Waals surface area contributed by atoms with Crippen LogP contribution in [0.4, 0.5) is 5.69 Å². The zero-order chi connectivity index (χ0) is 15.2. The number of hydrogen-bond donors (Lipinski definition) is 2. The summed E-state index contributed by atoms with van der Waals surface area (Å²) in [4.78, 5) is 17.7. The SMILES string of the molecule is CC(C)CC(NC1CCN(c2ccncc2)CC1)C(=O)O. The third kappa shape index (κ3) is 4.70. The summed E-state index contributed by atoms with van der Waals surface area (Å²) < 4.78 is 0. The van der Waals surface area contributed by atoms with E-state index in [1.165, 1.54) is 5.69 Å². The molecule has 1 atom stereocenters. The van der Waals surface area contributed by atoms with E-state index in [2.05, 4.69) is 29.0 Å². The molecule has 21 heavy (non-hydrogen) atoms. The van der Waals surface area contributed by atoms with Gasteiger partial charge in [-0.05, 0) is 37.3 Å². The van der Waals surface area contributed by atoms with Crippen LogP contribution in [0.25, 0.3) is 0 Å². The van der Waals surface area contributed by atoms with Crippen molar-refractivity contribution >= 4 is 11.7 Å². The molecule has 1 unspecified atom stereocenters. The Labute approximate surface area is 126 Å². The Morgan fingerprint density at radius 3 is 2.52 bits per heavy atom. The molecule has 2 heterocycles. The van der Waals surface area contributed by atoms with Gasteiger partial charge >= 0.3 is 5.97 Å². The first kappa shape index (κ1) is 15.8. The maximum absolute atomic E-state index is 11.3. The number of nitrogens with one attached hydrogen (secondary N) is 1. The van der Waals surface area contributed by atoms with E-state index < -0.39 is 12.0 Å². The highest BCUT2D eigenvalue weighted by Gasteiger charge is 2.25. The molecule has 0 spiro atoms. The number of anilines is 1. The smallest absolute Gasteiger partial charge is 0.320 e. The first-order valence-corrected chi connectivity index (χ1v) is 7.70. The molecule has 2 rings (SSSR count). The van der Waals surface area contributed by atoms with Crippen molar-refractivity contribution < 1.29 is 9.90 Å². The fourth-order valence-corrected chi connectivity index (χ4v) is 2.86. The zero-order valence-corrected chi connectivity index (χ0v) is 12.8. The number of rotatable bonds is 6. The van der Waals surface area contributed by atoms with Crippen LogP contribution in [0.3, 0.4) is 0 Å². The number of hydrogen-bond acceptors (Lipinski definition) is 4. The second-order valence-corrected chi connectivity index (χ2v) is 6.15. The first-order valence-electron chi connectivity index (χ1n) is 7.70. The van der Waals surface area contributed by atoms with Crippen LogP contribution in [0, 0.1) is 5.92 Å². The van der Waals surface area contributed by atoms with E-state index in [0.29, 0.717) is 18.4 Å². The topological polar surface area (TPSA) is 65.5 Å². The van der Waals surface area contributed by atoms with Gasteiger partial charge in [-0.15, -0.1) is 0 Å². The summed E-state index contributed by atoms with van der Waals surface area (Å²) in [6, 6.07) is 3.91. The summed E-state index contributed by atoms with van der Waals surface area (Å²) in [6.07, 6.45) is 6.25. The van der Waals surface area contributed by atoms with Crippen molar-refractivity contribution in [2.75, 3.05) is 18.0 Å². The normalized spacial score (nSPS) is 18.0. The number of piperidine rings is 1. The van der Waals surface area contributed by atoms with Crippen molar-refractivity contribution in [1.29, 1.82) is 0 Å². The van der Waals surface area contributed by atoms with Gasteiger partial charge in [0, 0.05) is 37.2 Å². The molecule has 0 saturated carbocycles. The Morgan fingerprint density at radius 1 is 1.38 bits per heavy atom. The Hall–Kier alpha value is -1.62. The van der Waals surface area contributed by atoms with E-state index in [4.69, 9.17) is 0 Å². The Morgan fingerprint density at radius 2 is 2.00 bits per heavy atom. The molecule has 1 aliphatic heterocycles. The van der Waals surface area contributed by atoms with Crippen molar-refractivity contribution in [2.45, 2.75) is 45.2 Å². The third-order valence-corrected chi connectivity index (χ3v) is 3.96. The number of carboxylic acids is 1. The molecule has 1 fully saturated rings. The molecule has 0 amide bonds. The maximum atomic E-state index is 11.3. The summed E-state index contributed by atoms with van der Waals surface area (Å²) in [5.41, 5.74) is 1.19. The lowest BCUT2D eigenvalue weighted by Gasteiger charge is -2.35. The van der Waals surface area contributed by atoms with Gasteiger partial charge in [-0.3, -0.25) is 9.78 Å². The van der Waals surface area contributed by atoms with Crippen LogP contribution in [0.2, 0.25) is 0 Å². The number of nitrogens with zero attached hydrogens (tertiary/aromatic N) is 2. The van der Waals surface area contributed by atoms with E-state index in [-0.39, 0.29) is 0 Å².